The third kappa shape index (κ3) is 3.42. The number of nitrogens with zero attached hydrogens (tertiary/aromatic N) is 3. The van der Waals surface area contributed by atoms with Crippen molar-refractivity contribution in [1.29, 1.82) is 0 Å². The summed E-state index contributed by atoms with van der Waals surface area (Å²) in [4.78, 5) is 23.0. The van der Waals surface area contributed by atoms with E-state index in [1.807, 2.05) is 24.3 Å². The van der Waals surface area contributed by atoms with Crippen molar-refractivity contribution in [2.45, 2.75) is 0 Å². The first-order valence-corrected chi connectivity index (χ1v) is 7.76. The predicted octanol–water partition coefficient (Wildman–Crippen LogP) is 2.25. The molecule has 8 nitrogen and oxygen atoms in total. The summed E-state index contributed by atoms with van der Waals surface area (Å²) in [5, 5.41) is 30.3. The van der Waals surface area contributed by atoms with Gasteiger partial charge in [0.1, 0.15) is 12.0 Å². The highest BCUT2D eigenvalue weighted by molar-refractivity contribution is 7.71. The number of rotatable bonds is 4. The molecule has 0 spiro atoms. The van der Waals surface area contributed by atoms with Crippen molar-refractivity contribution >= 4 is 47.3 Å². The van der Waals surface area contributed by atoms with Gasteiger partial charge in [0, 0.05) is 5.56 Å². The van der Waals surface area contributed by atoms with Crippen molar-refractivity contribution < 1.29 is 15.0 Å². The molecule has 0 amide bonds. The van der Waals surface area contributed by atoms with E-state index in [1.54, 1.807) is 18.2 Å². The number of benzene rings is 2. The number of hydrogen-bond acceptors (Lipinski definition) is 6. The Hall–Kier alpha value is -3.59. The molecule has 130 valence electrons. The molecule has 26 heavy (non-hydrogen) atoms. The van der Waals surface area contributed by atoms with Crippen LogP contribution in [0.25, 0.3) is 22.9 Å². The minimum Gasteiger partial charge on any atom is -0.507 e. The number of carboxylic acids is 1. The first-order valence-electron chi connectivity index (χ1n) is 7.35. The van der Waals surface area contributed by atoms with Crippen molar-refractivity contribution in [3.63, 3.8) is 0 Å². The van der Waals surface area contributed by atoms with Crippen molar-refractivity contribution in [2.75, 3.05) is 0 Å². The number of phenols is 1. The summed E-state index contributed by atoms with van der Waals surface area (Å²) in [5.41, 5.74) is -0.219. The Bertz CT molecular complexity index is 1180. The zero-order valence-corrected chi connectivity index (χ0v) is 14.0. The minimum absolute atomic E-state index is 0.0477. The second-order valence-electron chi connectivity index (χ2n) is 5.17. The molecular weight excluding hydrogens is 356 g/mol. The molecule has 0 fully saturated rings. The van der Waals surface area contributed by atoms with Gasteiger partial charge < -0.3 is 10.2 Å². The van der Waals surface area contributed by atoms with E-state index in [1.165, 1.54) is 6.08 Å². The molecule has 3 rings (SSSR count). The van der Waals surface area contributed by atoms with Gasteiger partial charge in [-0.15, -0.1) is 0 Å². The van der Waals surface area contributed by atoms with Gasteiger partial charge in [-0.05, 0) is 41.2 Å². The van der Waals surface area contributed by atoms with Crippen molar-refractivity contribution in [1.82, 2.24) is 14.9 Å². The lowest BCUT2D eigenvalue weighted by Crippen LogP contribution is -2.23. The average Bonchev–Trinajstić information content (AvgIpc) is 2.62. The molecule has 0 atom stereocenters. The van der Waals surface area contributed by atoms with E-state index in [4.69, 9.17) is 17.3 Å². The zero-order chi connectivity index (χ0) is 18.7. The monoisotopic (exact) mass is 368 g/mol. The first kappa shape index (κ1) is 17.2. The summed E-state index contributed by atoms with van der Waals surface area (Å²) < 4.78 is 0.580. The van der Waals surface area contributed by atoms with Crippen LogP contribution in [0.15, 0.2) is 46.3 Å². The maximum Gasteiger partial charge on any atom is 0.348 e. The number of aromatic hydroxyl groups is 1. The number of phenolic OH excluding ortho intramolecular Hbond substituents is 1. The van der Waals surface area contributed by atoms with Gasteiger partial charge in [-0.25, -0.2) is 4.79 Å². The Morgan fingerprint density at radius 2 is 2.00 bits per heavy atom. The zero-order valence-electron chi connectivity index (χ0n) is 13.2. The minimum atomic E-state index is -1.32. The van der Waals surface area contributed by atoms with Gasteiger partial charge in [0.2, 0.25) is 4.77 Å². The number of aromatic nitrogens is 3. The molecule has 1 aromatic heterocycles. The average molecular weight is 368 g/mol. The summed E-state index contributed by atoms with van der Waals surface area (Å²) in [6.07, 6.45) is 3.49. The molecule has 0 aliphatic heterocycles. The van der Waals surface area contributed by atoms with Crippen molar-refractivity contribution in [3.8, 4) is 5.75 Å². The topological polar surface area (TPSA) is 121 Å². The van der Waals surface area contributed by atoms with E-state index >= 15 is 0 Å². The third-order valence-corrected chi connectivity index (χ3v) is 3.78. The highest BCUT2D eigenvalue weighted by Crippen LogP contribution is 2.28. The lowest BCUT2D eigenvalue weighted by Gasteiger charge is -2.05. The van der Waals surface area contributed by atoms with Crippen LogP contribution in [-0.2, 0) is 4.79 Å². The van der Waals surface area contributed by atoms with Crippen LogP contribution in [0.4, 0.5) is 0 Å². The number of H-pyrrole nitrogens is 1. The maximum absolute atomic E-state index is 12.4. The third-order valence-electron chi connectivity index (χ3n) is 3.52. The maximum atomic E-state index is 12.4. The molecule has 3 aromatic rings. The number of carbonyl (C=O) groups is 1. The largest absolute Gasteiger partial charge is 0.507 e. The Morgan fingerprint density at radius 3 is 2.77 bits per heavy atom. The SMILES string of the molecule is O=C(O)/C=N/n1c(=S)[nH]nc(/C=C/c2c(O)ccc3ccccc23)c1=O. The first-order chi connectivity index (χ1) is 12.5. The van der Waals surface area contributed by atoms with Crippen molar-refractivity contribution in [3.05, 3.63) is 62.8 Å². The van der Waals surface area contributed by atoms with Crippen LogP contribution in [0.5, 0.6) is 5.75 Å². The fraction of sp³-hybridized carbons (Fsp3) is 0. The van der Waals surface area contributed by atoms with Gasteiger partial charge in [0.15, 0.2) is 5.69 Å². The molecule has 0 bridgehead atoms. The predicted molar refractivity (Wildman–Crippen MR) is 99.7 cm³/mol. The molecular formula is C17H12N4O4S. The van der Waals surface area contributed by atoms with Gasteiger partial charge in [-0.1, -0.05) is 30.3 Å². The molecule has 9 heteroatoms. The lowest BCUT2D eigenvalue weighted by molar-refractivity contribution is -0.128. The smallest absolute Gasteiger partial charge is 0.348 e. The Morgan fingerprint density at radius 1 is 1.23 bits per heavy atom. The number of aromatic amines is 1. The molecule has 0 aliphatic rings. The van der Waals surface area contributed by atoms with Gasteiger partial charge in [0.25, 0.3) is 0 Å². The summed E-state index contributed by atoms with van der Waals surface area (Å²) in [5.74, 6) is -1.27. The summed E-state index contributed by atoms with van der Waals surface area (Å²) in [7, 11) is 0. The van der Waals surface area contributed by atoms with E-state index in [9.17, 15) is 14.7 Å². The lowest BCUT2D eigenvalue weighted by atomic mass is 10.0. The number of carboxylic acid groups (broad SMARTS) is 1. The van der Waals surface area contributed by atoms with Crippen LogP contribution in [0.2, 0.25) is 0 Å². The molecule has 0 aliphatic carbocycles. The molecule has 3 N–H and O–H groups in total. The van der Waals surface area contributed by atoms with Crippen LogP contribution >= 0.6 is 12.2 Å². The van der Waals surface area contributed by atoms with Crippen LogP contribution in [0.1, 0.15) is 11.3 Å². The van der Waals surface area contributed by atoms with E-state index in [0.29, 0.717) is 11.8 Å². The highest BCUT2D eigenvalue weighted by Gasteiger charge is 2.07. The highest BCUT2D eigenvalue weighted by atomic mass is 32.1. The van der Waals surface area contributed by atoms with E-state index in [0.717, 1.165) is 15.4 Å². The fourth-order valence-corrected chi connectivity index (χ4v) is 2.52. The Kier molecular flexibility index (Phi) is 4.72. The van der Waals surface area contributed by atoms with Crippen LogP contribution in [0, 0.1) is 4.77 Å². The van der Waals surface area contributed by atoms with E-state index in [2.05, 4.69) is 15.3 Å². The second-order valence-corrected chi connectivity index (χ2v) is 5.55. The van der Waals surface area contributed by atoms with Gasteiger partial charge >= 0.3 is 11.5 Å². The summed E-state index contributed by atoms with van der Waals surface area (Å²) >= 11 is 4.89. The second kappa shape index (κ2) is 7.11. The van der Waals surface area contributed by atoms with Gasteiger partial charge in [-0.3, -0.25) is 9.89 Å². The van der Waals surface area contributed by atoms with E-state index in [-0.39, 0.29) is 16.2 Å². The summed E-state index contributed by atoms with van der Waals surface area (Å²) in [6.45, 7) is 0. The molecule has 1 heterocycles. The van der Waals surface area contributed by atoms with Gasteiger partial charge in [0.05, 0.1) is 0 Å². The number of aliphatic carboxylic acids is 1. The quantitative estimate of drug-likeness (QED) is 0.480. The summed E-state index contributed by atoms with van der Waals surface area (Å²) in [6, 6.07) is 10.8. The van der Waals surface area contributed by atoms with E-state index < -0.39 is 11.5 Å². The Balaban J connectivity index is 2.09. The molecule has 2 aromatic carbocycles. The fourth-order valence-electron chi connectivity index (χ4n) is 2.35. The van der Waals surface area contributed by atoms with Crippen LogP contribution in [-0.4, -0.2) is 37.3 Å². The number of fused-ring (bicyclic) bond motifs is 1. The van der Waals surface area contributed by atoms with Crippen molar-refractivity contribution in [2.24, 2.45) is 5.10 Å². The standard InChI is InChI=1S/C17H12N4O4S/c22-14-8-5-10-3-1-2-4-11(10)12(14)6-7-13-16(25)21(17(26)20-19-13)18-9-15(23)24/h1-9,22H,(H,20,26)(H,23,24)/b7-6+,18-9+. The molecule has 0 saturated heterocycles. The van der Waals surface area contributed by atoms with Crippen LogP contribution < -0.4 is 5.56 Å². The molecule has 0 saturated carbocycles. The van der Waals surface area contributed by atoms with Crippen LogP contribution in [0.3, 0.4) is 0 Å². The normalized spacial score (nSPS) is 11.5. The number of nitrogens with one attached hydrogen (secondary N) is 1. The molecule has 0 radical (unpaired) electrons. The Labute approximate surface area is 151 Å². The molecule has 0 unspecified atom stereocenters. The number of hydrogen-bond donors (Lipinski definition) is 3. The van der Waals surface area contributed by atoms with Gasteiger partial charge in [-0.2, -0.15) is 14.9 Å².